The zero-order valence-electron chi connectivity index (χ0n) is 5.76. The Hall–Kier alpha value is -0.273. The average molecular weight is 168 g/mol. The highest BCUT2D eigenvalue weighted by Gasteiger charge is 2.01. The van der Waals surface area contributed by atoms with Crippen LogP contribution in [0.3, 0.4) is 0 Å². The standard InChI is InChI=1S/C8H8ClSi/c1-6(9)7-4-2-3-5-8(7)10/h2-6H,1H3. The molecule has 0 aliphatic rings. The quantitative estimate of drug-likeness (QED) is 0.442. The lowest BCUT2D eigenvalue weighted by atomic mass is 10.2. The summed E-state index contributed by atoms with van der Waals surface area (Å²) in [7, 11) is 3.46. The molecule has 0 amide bonds. The average Bonchev–Trinajstić information content (AvgIpc) is 1.88. The molecule has 1 atom stereocenters. The number of hydrogen-bond acceptors (Lipinski definition) is 0. The van der Waals surface area contributed by atoms with Crippen molar-refractivity contribution >= 4 is 27.0 Å². The van der Waals surface area contributed by atoms with Crippen molar-refractivity contribution in [2.75, 3.05) is 0 Å². The van der Waals surface area contributed by atoms with Gasteiger partial charge in [-0.3, -0.25) is 0 Å². The Labute approximate surface area is 69.6 Å². The van der Waals surface area contributed by atoms with Crippen LogP contribution < -0.4 is 5.19 Å². The van der Waals surface area contributed by atoms with E-state index in [2.05, 4.69) is 10.2 Å². The van der Waals surface area contributed by atoms with E-state index in [1.54, 1.807) is 0 Å². The molecular weight excluding hydrogens is 160 g/mol. The van der Waals surface area contributed by atoms with Crippen LogP contribution >= 0.6 is 11.6 Å². The van der Waals surface area contributed by atoms with Crippen molar-refractivity contribution < 1.29 is 0 Å². The lowest BCUT2D eigenvalue weighted by Gasteiger charge is -2.05. The van der Waals surface area contributed by atoms with Crippen LogP contribution in [0.2, 0.25) is 0 Å². The Morgan fingerprint density at radius 3 is 2.40 bits per heavy atom. The highest BCUT2D eigenvalue weighted by molar-refractivity contribution is 6.34. The number of rotatable bonds is 1. The van der Waals surface area contributed by atoms with Gasteiger partial charge >= 0.3 is 0 Å². The summed E-state index contributed by atoms with van der Waals surface area (Å²) < 4.78 is 0. The molecule has 0 saturated heterocycles. The summed E-state index contributed by atoms with van der Waals surface area (Å²) in [5.74, 6) is 0. The molecule has 0 heterocycles. The van der Waals surface area contributed by atoms with E-state index in [9.17, 15) is 0 Å². The van der Waals surface area contributed by atoms with Gasteiger partial charge in [-0.25, -0.2) is 0 Å². The largest absolute Gasteiger partial charge is 0.118 e. The lowest BCUT2D eigenvalue weighted by molar-refractivity contribution is 1.10. The Morgan fingerprint density at radius 2 is 2.00 bits per heavy atom. The predicted molar refractivity (Wildman–Crippen MR) is 46.1 cm³/mol. The molecule has 1 aromatic rings. The van der Waals surface area contributed by atoms with Gasteiger partial charge in [-0.2, -0.15) is 0 Å². The molecule has 3 radical (unpaired) electrons. The molecule has 1 rings (SSSR count). The first-order valence-corrected chi connectivity index (χ1v) is 4.10. The van der Waals surface area contributed by atoms with Crippen LogP contribution in [0.25, 0.3) is 0 Å². The molecule has 0 N–H and O–H groups in total. The maximum atomic E-state index is 5.88. The van der Waals surface area contributed by atoms with Gasteiger partial charge in [0.2, 0.25) is 0 Å². The van der Waals surface area contributed by atoms with Gasteiger partial charge in [-0.1, -0.05) is 29.5 Å². The zero-order chi connectivity index (χ0) is 7.56. The summed E-state index contributed by atoms with van der Waals surface area (Å²) in [4.78, 5) is 0. The SMILES string of the molecule is CC(Cl)c1ccccc1[Si]. The van der Waals surface area contributed by atoms with Crippen molar-refractivity contribution in [1.82, 2.24) is 0 Å². The molecule has 0 saturated carbocycles. The smallest absolute Gasteiger partial charge is 0.0716 e. The van der Waals surface area contributed by atoms with Crippen molar-refractivity contribution in [3.63, 3.8) is 0 Å². The summed E-state index contributed by atoms with van der Waals surface area (Å²) in [5, 5.41) is 1.15. The lowest BCUT2D eigenvalue weighted by Crippen LogP contribution is -2.09. The third-order valence-electron chi connectivity index (χ3n) is 1.39. The maximum absolute atomic E-state index is 5.88. The third kappa shape index (κ3) is 1.61. The first-order valence-electron chi connectivity index (χ1n) is 3.16. The molecule has 0 aliphatic carbocycles. The van der Waals surface area contributed by atoms with E-state index >= 15 is 0 Å². The fraction of sp³-hybridized carbons (Fsp3) is 0.250. The number of alkyl halides is 1. The number of halogens is 1. The van der Waals surface area contributed by atoms with Gasteiger partial charge in [0.05, 0.1) is 15.6 Å². The predicted octanol–water partition coefficient (Wildman–Crippen LogP) is 1.78. The summed E-state index contributed by atoms with van der Waals surface area (Å²) >= 11 is 5.88. The van der Waals surface area contributed by atoms with E-state index in [1.807, 2.05) is 31.2 Å². The molecular formula is C8H8ClSi. The van der Waals surface area contributed by atoms with Crippen LogP contribution in [0.1, 0.15) is 17.9 Å². The van der Waals surface area contributed by atoms with Crippen LogP contribution in [0.5, 0.6) is 0 Å². The van der Waals surface area contributed by atoms with Gasteiger partial charge in [-0.05, 0) is 12.5 Å². The summed E-state index contributed by atoms with van der Waals surface area (Å²) in [6, 6.07) is 7.97. The fourth-order valence-electron chi connectivity index (χ4n) is 0.844. The minimum absolute atomic E-state index is 0.0775. The van der Waals surface area contributed by atoms with Crippen molar-refractivity contribution in [3.05, 3.63) is 29.8 Å². The minimum Gasteiger partial charge on any atom is -0.118 e. The van der Waals surface area contributed by atoms with Gasteiger partial charge in [0, 0.05) is 0 Å². The van der Waals surface area contributed by atoms with Gasteiger partial charge in [0.1, 0.15) is 0 Å². The van der Waals surface area contributed by atoms with Crippen LogP contribution in [0, 0.1) is 0 Å². The number of hydrogen-bond donors (Lipinski definition) is 0. The van der Waals surface area contributed by atoms with Crippen LogP contribution in [0.4, 0.5) is 0 Å². The van der Waals surface area contributed by atoms with Crippen molar-refractivity contribution in [3.8, 4) is 0 Å². The summed E-state index contributed by atoms with van der Waals surface area (Å²) in [6.45, 7) is 1.96. The number of benzene rings is 1. The van der Waals surface area contributed by atoms with Crippen LogP contribution in [0.15, 0.2) is 24.3 Å². The summed E-state index contributed by atoms with van der Waals surface area (Å²) in [5.41, 5.74) is 1.14. The van der Waals surface area contributed by atoms with E-state index in [0.717, 1.165) is 10.8 Å². The second-order valence-corrected chi connectivity index (χ2v) is 3.40. The second kappa shape index (κ2) is 3.22. The van der Waals surface area contributed by atoms with E-state index in [-0.39, 0.29) is 5.38 Å². The minimum atomic E-state index is 0.0775. The Bertz CT molecular complexity index is 220. The topological polar surface area (TPSA) is 0 Å². The summed E-state index contributed by atoms with van der Waals surface area (Å²) in [6.07, 6.45) is 0. The van der Waals surface area contributed by atoms with Crippen LogP contribution in [-0.2, 0) is 0 Å². The second-order valence-electron chi connectivity index (χ2n) is 2.20. The molecule has 10 heavy (non-hydrogen) atoms. The Morgan fingerprint density at radius 1 is 1.40 bits per heavy atom. The molecule has 0 aliphatic heterocycles. The van der Waals surface area contributed by atoms with Gasteiger partial charge in [0.15, 0.2) is 0 Å². The van der Waals surface area contributed by atoms with Crippen molar-refractivity contribution in [2.45, 2.75) is 12.3 Å². The third-order valence-corrected chi connectivity index (χ3v) is 2.08. The maximum Gasteiger partial charge on any atom is 0.0716 e. The van der Waals surface area contributed by atoms with E-state index < -0.39 is 0 Å². The first kappa shape index (κ1) is 7.83. The molecule has 1 aromatic carbocycles. The molecule has 2 heteroatoms. The monoisotopic (exact) mass is 167 g/mol. The molecule has 0 nitrogen and oxygen atoms in total. The molecule has 0 fully saturated rings. The van der Waals surface area contributed by atoms with Gasteiger partial charge < -0.3 is 0 Å². The van der Waals surface area contributed by atoms with Crippen LogP contribution in [-0.4, -0.2) is 10.2 Å². The van der Waals surface area contributed by atoms with Gasteiger partial charge in [-0.15, -0.1) is 11.6 Å². The zero-order valence-corrected chi connectivity index (χ0v) is 7.52. The normalized spacial score (nSPS) is 13.1. The Balaban J connectivity index is 3.03. The fourth-order valence-corrected chi connectivity index (χ4v) is 1.52. The van der Waals surface area contributed by atoms with Crippen molar-refractivity contribution in [2.24, 2.45) is 0 Å². The molecule has 0 spiro atoms. The highest BCUT2D eigenvalue weighted by Crippen LogP contribution is 2.15. The van der Waals surface area contributed by atoms with E-state index in [0.29, 0.717) is 0 Å². The molecule has 0 aromatic heterocycles. The molecule has 0 bridgehead atoms. The molecule has 1 unspecified atom stereocenters. The first-order chi connectivity index (χ1) is 4.72. The van der Waals surface area contributed by atoms with Crippen molar-refractivity contribution in [1.29, 1.82) is 0 Å². The highest BCUT2D eigenvalue weighted by atomic mass is 35.5. The van der Waals surface area contributed by atoms with Gasteiger partial charge in [0.25, 0.3) is 0 Å². The van der Waals surface area contributed by atoms with E-state index in [1.165, 1.54) is 0 Å². The Kier molecular flexibility index (Phi) is 2.52. The molecule has 51 valence electrons. The van der Waals surface area contributed by atoms with E-state index in [4.69, 9.17) is 11.6 Å².